The van der Waals surface area contributed by atoms with E-state index >= 15 is 0 Å². The molecule has 3 saturated carbocycles. The van der Waals surface area contributed by atoms with E-state index < -0.39 is 0 Å². The summed E-state index contributed by atoms with van der Waals surface area (Å²) in [4.78, 5) is 5.37. The van der Waals surface area contributed by atoms with Crippen LogP contribution in [0.4, 0.5) is 0 Å². The van der Waals surface area contributed by atoms with Crippen molar-refractivity contribution in [2.75, 3.05) is 0 Å². The van der Waals surface area contributed by atoms with Crippen molar-refractivity contribution in [2.24, 2.45) is 0 Å². The van der Waals surface area contributed by atoms with Gasteiger partial charge in [-0.15, -0.1) is 0 Å². The normalized spacial score (nSPS) is 30.2. The van der Waals surface area contributed by atoms with Crippen molar-refractivity contribution in [2.45, 2.75) is 113 Å². The Morgan fingerprint density at radius 2 is 1.21 bits per heavy atom. The first-order valence-electron chi connectivity index (χ1n) is 9.78. The molecular weight excluding hydrogens is 350 g/mol. The minimum Gasteiger partial charge on any atom is -0.579 e. The van der Waals surface area contributed by atoms with E-state index in [0.717, 1.165) is 29.8 Å². The summed E-state index contributed by atoms with van der Waals surface area (Å²) in [5.74, 6) is 0. The van der Waals surface area contributed by atoms with Gasteiger partial charge in [0.2, 0.25) is 0 Å². The molecule has 3 rings (SSSR count). The summed E-state index contributed by atoms with van der Waals surface area (Å²) < 4.78 is 4.24. The second kappa shape index (κ2) is 12.2. The summed E-state index contributed by atoms with van der Waals surface area (Å²) in [5, 5.41) is 4.61. The van der Waals surface area contributed by atoms with Gasteiger partial charge in [-0.1, -0.05) is 57.9 Å². The van der Waals surface area contributed by atoms with Gasteiger partial charge in [0.15, 0.2) is 0 Å². The van der Waals surface area contributed by atoms with Gasteiger partial charge in [-0.05, 0) is 61.9 Å². The Balaban J connectivity index is 0.00000208. The first-order chi connectivity index (χ1) is 11.4. The van der Waals surface area contributed by atoms with Crippen LogP contribution in [-0.4, -0.2) is 23.1 Å². The van der Waals surface area contributed by atoms with Crippen LogP contribution in [0.2, 0.25) is 0 Å². The smallest absolute Gasteiger partial charge is 0.579 e. The van der Waals surface area contributed by atoms with Crippen molar-refractivity contribution in [3.63, 3.8) is 0 Å². The average molecular weight is 382 g/mol. The number of rotatable bonds is 6. The fourth-order valence-corrected chi connectivity index (χ4v) is 9.91. The average Bonchev–Trinajstić information content (AvgIpc) is 2.62. The Kier molecular flexibility index (Phi) is 11.1. The Morgan fingerprint density at radius 1 is 0.667 bits per heavy atom. The first kappa shape index (κ1) is 22.0. The molecule has 0 heterocycles. The van der Waals surface area contributed by atoms with Gasteiger partial charge in [0.25, 0.3) is 0 Å². The van der Waals surface area contributed by atoms with Crippen LogP contribution in [0.15, 0.2) is 0 Å². The minimum atomic E-state index is 0. The largest absolute Gasteiger partial charge is 1.00 e. The van der Waals surface area contributed by atoms with Gasteiger partial charge in [0.1, 0.15) is 0 Å². The SMILES string of the molecule is [Na+].[S-]OOOC1CCCC(P(C2CCCCC2)C2CCCCC2)C1. The van der Waals surface area contributed by atoms with Crippen LogP contribution in [0.3, 0.4) is 0 Å². The molecule has 2 atom stereocenters. The maximum atomic E-state index is 5.37. The third-order valence-corrected chi connectivity index (χ3v) is 10.3. The molecule has 0 radical (unpaired) electrons. The van der Waals surface area contributed by atoms with E-state index in [1.807, 2.05) is 0 Å². The van der Waals surface area contributed by atoms with Crippen molar-refractivity contribution in [1.29, 1.82) is 0 Å². The van der Waals surface area contributed by atoms with E-state index in [-0.39, 0.29) is 43.6 Å². The fraction of sp³-hybridized carbons (Fsp3) is 1.00. The Labute approximate surface area is 176 Å². The van der Waals surface area contributed by atoms with Crippen LogP contribution in [0, 0.1) is 0 Å². The topological polar surface area (TPSA) is 27.7 Å². The predicted molar refractivity (Wildman–Crippen MR) is 97.3 cm³/mol. The Morgan fingerprint density at radius 3 is 1.75 bits per heavy atom. The van der Waals surface area contributed by atoms with E-state index in [2.05, 4.69) is 22.3 Å². The van der Waals surface area contributed by atoms with Gasteiger partial charge in [0, 0.05) is 0 Å². The quantitative estimate of drug-likeness (QED) is 0.232. The molecule has 3 nitrogen and oxygen atoms in total. The zero-order chi connectivity index (χ0) is 15.9. The molecule has 0 aromatic rings. The summed E-state index contributed by atoms with van der Waals surface area (Å²) >= 11 is 4.36. The van der Waals surface area contributed by atoms with E-state index in [0.29, 0.717) is 0 Å². The van der Waals surface area contributed by atoms with Crippen LogP contribution in [-0.2, 0) is 27.2 Å². The van der Waals surface area contributed by atoms with Crippen molar-refractivity contribution in [3.8, 4) is 0 Å². The summed E-state index contributed by atoms with van der Waals surface area (Å²) in [6.07, 6.45) is 19.9. The van der Waals surface area contributed by atoms with Crippen LogP contribution in [0.1, 0.15) is 89.9 Å². The summed E-state index contributed by atoms with van der Waals surface area (Å²) in [6, 6.07) is 0. The monoisotopic (exact) mass is 382 g/mol. The van der Waals surface area contributed by atoms with Crippen molar-refractivity contribution in [1.82, 2.24) is 0 Å². The fourth-order valence-electron chi connectivity index (χ4n) is 5.20. The summed E-state index contributed by atoms with van der Waals surface area (Å²) in [7, 11) is 0.141. The van der Waals surface area contributed by atoms with Crippen molar-refractivity contribution >= 4 is 20.8 Å². The summed E-state index contributed by atoms with van der Waals surface area (Å²) in [5.41, 5.74) is 2.94. The van der Waals surface area contributed by atoms with Gasteiger partial charge in [-0.3, -0.25) is 0 Å². The molecule has 24 heavy (non-hydrogen) atoms. The van der Waals surface area contributed by atoms with Crippen LogP contribution < -0.4 is 29.6 Å². The van der Waals surface area contributed by atoms with E-state index in [1.165, 1.54) is 77.0 Å². The number of hydrogen-bond acceptors (Lipinski definition) is 4. The minimum absolute atomic E-state index is 0. The van der Waals surface area contributed by atoms with Crippen molar-refractivity contribution in [3.05, 3.63) is 0 Å². The van der Waals surface area contributed by atoms with E-state index in [9.17, 15) is 0 Å². The zero-order valence-corrected chi connectivity index (χ0v) is 19.0. The standard InChI is InChI=1S/C18H33O3PS.Na/c23-21-20-19-15-8-7-13-18(14-15)22(16-9-3-1-4-10-16)17-11-5-2-6-12-17;/h15-18,23H,1-14H2;/q;+1/p-1. The summed E-state index contributed by atoms with van der Waals surface area (Å²) in [6.45, 7) is 0. The van der Waals surface area contributed by atoms with Crippen LogP contribution in [0.25, 0.3) is 0 Å². The van der Waals surface area contributed by atoms with Crippen LogP contribution in [0.5, 0.6) is 0 Å². The Hall–Kier alpha value is 1.66. The molecule has 0 spiro atoms. The molecule has 0 saturated heterocycles. The Bertz CT molecular complexity index is 320. The molecular formula is C18H32NaO3PS. The molecule has 3 fully saturated rings. The number of hydrogen-bond donors (Lipinski definition) is 0. The molecule has 0 amide bonds. The van der Waals surface area contributed by atoms with Crippen molar-refractivity contribution < 1.29 is 43.8 Å². The molecule has 0 bridgehead atoms. The molecule has 3 aliphatic rings. The third-order valence-electron chi connectivity index (χ3n) is 6.22. The molecule has 0 aromatic carbocycles. The predicted octanol–water partition coefficient (Wildman–Crippen LogP) is 2.79. The molecule has 0 aromatic heterocycles. The zero-order valence-electron chi connectivity index (χ0n) is 15.3. The van der Waals surface area contributed by atoms with Gasteiger partial charge in [0.05, 0.1) is 6.10 Å². The third kappa shape index (κ3) is 6.37. The van der Waals surface area contributed by atoms with Crippen LogP contribution >= 0.6 is 7.92 Å². The molecule has 3 aliphatic carbocycles. The molecule has 0 aliphatic heterocycles. The first-order valence-corrected chi connectivity index (χ1v) is 11.7. The van der Waals surface area contributed by atoms with Gasteiger partial charge in [-0.25, -0.2) is 4.89 Å². The maximum absolute atomic E-state index is 5.37. The van der Waals surface area contributed by atoms with E-state index in [1.54, 1.807) is 0 Å². The van der Waals surface area contributed by atoms with E-state index in [4.69, 9.17) is 4.89 Å². The van der Waals surface area contributed by atoms with Gasteiger partial charge in [-0.2, -0.15) is 0 Å². The molecule has 2 unspecified atom stereocenters. The second-order valence-electron chi connectivity index (χ2n) is 7.71. The van der Waals surface area contributed by atoms with Gasteiger partial charge < -0.3 is 17.2 Å². The maximum Gasteiger partial charge on any atom is 1.00 e. The molecule has 134 valence electrons. The molecule has 0 N–H and O–H groups in total. The molecule has 6 heteroatoms. The van der Waals surface area contributed by atoms with Gasteiger partial charge >= 0.3 is 29.6 Å². The second-order valence-corrected chi connectivity index (χ2v) is 10.9.